The number of carbonyl (C=O) groups is 2. The van der Waals surface area contributed by atoms with Gasteiger partial charge in [0.2, 0.25) is 27.8 Å². The number of imide groups is 1. The number of anilines is 4. The summed E-state index contributed by atoms with van der Waals surface area (Å²) in [4.78, 5) is 36.8. The van der Waals surface area contributed by atoms with Crippen LogP contribution in [0.5, 0.6) is 0 Å². The van der Waals surface area contributed by atoms with Gasteiger partial charge in [-0.3, -0.25) is 14.9 Å². The zero-order valence-corrected chi connectivity index (χ0v) is 33.8. The third-order valence-electron chi connectivity index (χ3n) is 11.8. The predicted octanol–water partition coefficient (Wildman–Crippen LogP) is 4.84. The Morgan fingerprint density at radius 3 is 2.48 bits per heavy atom. The van der Waals surface area contributed by atoms with Gasteiger partial charge in [0.15, 0.2) is 0 Å². The lowest BCUT2D eigenvalue weighted by atomic mass is 9.87. The van der Waals surface area contributed by atoms with Crippen molar-refractivity contribution >= 4 is 45.0 Å². The van der Waals surface area contributed by atoms with E-state index in [2.05, 4.69) is 36.1 Å². The number of likely N-dealkylation sites (tertiary alicyclic amines) is 1. The fourth-order valence-corrected chi connectivity index (χ4v) is 9.90. The average molecular weight is 859 g/mol. The number of β-amino-alcohol motifs (C(OH)–C–C–N with tert-alkyl or cyclic N) is 1. The van der Waals surface area contributed by atoms with Crippen LogP contribution in [0.4, 0.5) is 45.1 Å². The Morgan fingerprint density at radius 2 is 1.82 bits per heavy atom. The number of piperidine rings is 4. The molecule has 0 radical (unpaired) electrons. The Labute approximate surface area is 345 Å². The molecule has 4 aliphatic heterocycles. The number of terminal acetylenes is 1. The Bertz CT molecular complexity index is 2260. The van der Waals surface area contributed by atoms with Crippen LogP contribution in [0.1, 0.15) is 74.5 Å². The molecule has 2 amide bonds. The number of nitrogens with zero attached hydrogens (tertiary/aromatic N) is 5. The van der Waals surface area contributed by atoms with Gasteiger partial charge in [0, 0.05) is 63.1 Å². The van der Waals surface area contributed by atoms with Crippen molar-refractivity contribution in [2.75, 3.05) is 60.9 Å². The van der Waals surface area contributed by atoms with Crippen molar-refractivity contribution in [3.8, 4) is 12.3 Å². The first-order valence-corrected chi connectivity index (χ1v) is 21.4. The minimum atomic E-state index is -4.80. The fraction of sp³-hybridized carbons (Fsp3) is 0.512. The molecule has 4 saturated heterocycles. The van der Waals surface area contributed by atoms with Gasteiger partial charge in [0.05, 0.1) is 28.1 Å². The van der Waals surface area contributed by atoms with E-state index >= 15 is 8.78 Å². The zero-order chi connectivity index (χ0) is 43.0. The van der Waals surface area contributed by atoms with Gasteiger partial charge in [0.1, 0.15) is 23.4 Å². The number of amides is 2. The van der Waals surface area contributed by atoms with Crippen molar-refractivity contribution < 1.29 is 45.1 Å². The predicted molar refractivity (Wildman–Crippen MR) is 213 cm³/mol. The first kappa shape index (κ1) is 43.2. The molecule has 7 rings (SSSR count). The Kier molecular flexibility index (Phi) is 12.4. The summed E-state index contributed by atoms with van der Waals surface area (Å²) in [5, 5.41) is 15.4. The Morgan fingerprint density at radius 1 is 1.05 bits per heavy atom. The molecule has 0 bridgehead atoms. The molecule has 4 atom stereocenters. The first-order chi connectivity index (χ1) is 28.4. The minimum absolute atomic E-state index is 0.0159. The molecule has 19 heteroatoms. The highest BCUT2D eigenvalue weighted by Gasteiger charge is 2.40. The number of alkyl halides is 4. The highest BCUT2D eigenvalue weighted by molar-refractivity contribution is 7.89. The van der Waals surface area contributed by atoms with Crippen LogP contribution in [0.3, 0.4) is 0 Å². The summed E-state index contributed by atoms with van der Waals surface area (Å²) in [6, 6.07) is 7.56. The van der Waals surface area contributed by atoms with Gasteiger partial charge in [-0.25, -0.2) is 26.9 Å². The highest BCUT2D eigenvalue weighted by Crippen LogP contribution is 2.38. The standard InChI is InChI=1S/C41H47F5N8O5S/c1-3-26-19-27(5-7-29(26)30-8-10-36(55)49-38(30)56)53-17-11-25(12-18-53)22-52-16-13-35(33(43)23-52)51-60(58,59)28-6-9-34(32(42)20-28)48-39-47-21-31(41(44,45)46)37(50-39)54-15-4-14-40(2,57)24-54/h1,5-7,9,19-21,25,30,33,35,51,57H,4,8,10-18,22-24H2,2H3,(H,47,48,50)(H,49,55,56)/t30?,33-,35+,40-/m0/s1. The summed E-state index contributed by atoms with van der Waals surface area (Å²) in [5.41, 5.74) is -0.387. The molecular formula is C41H47F5N8O5S. The van der Waals surface area contributed by atoms with E-state index in [1.165, 1.54) is 11.8 Å². The van der Waals surface area contributed by atoms with Crippen molar-refractivity contribution in [1.29, 1.82) is 0 Å². The van der Waals surface area contributed by atoms with Gasteiger partial charge in [-0.1, -0.05) is 12.0 Å². The summed E-state index contributed by atoms with van der Waals surface area (Å²) in [5.74, 6) is -0.0359. The second-order valence-corrected chi connectivity index (χ2v) is 18.1. The zero-order valence-electron chi connectivity index (χ0n) is 32.9. The van der Waals surface area contributed by atoms with Crippen molar-refractivity contribution in [2.24, 2.45) is 5.92 Å². The van der Waals surface area contributed by atoms with E-state index in [1.54, 1.807) is 0 Å². The summed E-state index contributed by atoms with van der Waals surface area (Å²) in [6.45, 7) is 4.20. The van der Waals surface area contributed by atoms with Gasteiger partial charge < -0.3 is 25.1 Å². The van der Waals surface area contributed by atoms with Crippen LogP contribution in [-0.2, 0) is 25.8 Å². The van der Waals surface area contributed by atoms with Crippen LogP contribution < -0.4 is 25.2 Å². The third-order valence-corrected chi connectivity index (χ3v) is 13.3. The SMILES string of the molecule is C#Cc1cc(N2CCC(CN3CC[C@@H](NS(=O)(=O)c4ccc(Nc5ncc(C(F)(F)F)c(N6CCC[C@](C)(O)C6)n5)c(F)c4)[C@@H](F)C3)CC2)ccc1C1CCC(=O)NC1=O. The summed E-state index contributed by atoms with van der Waals surface area (Å²) in [6.07, 6.45) is 3.42. The van der Waals surface area contributed by atoms with Crippen molar-refractivity contribution in [3.63, 3.8) is 0 Å². The molecule has 0 spiro atoms. The van der Waals surface area contributed by atoms with Gasteiger partial charge in [0.25, 0.3) is 0 Å². The second kappa shape index (κ2) is 17.2. The van der Waals surface area contributed by atoms with Crippen molar-refractivity contribution in [1.82, 2.24) is 24.9 Å². The summed E-state index contributed by atoms with van der Waals surface area (Å²) >= 11 is 0. The van der Waals surface area contributed by atoms with Crippen LogP contribution in [0.15, 0.2) is 47.5 Å². The molecule has 4 fully saturated rings. The number of halogens is 5. The largest absolute Gasteiger partial charge is 0.421 e. The molecule has 4 N–H and O–H groups in total. The van der Waals surface area contributed by atoms with Crippen LogP contribution in [-0.4, -0.2) is 104 Å². The monoisotopic (exact) mass is 858 g/mol. The van der Waals surface area contributed by atoms with Crippen LogP contribution in [0.25, 0.3) is 0 Å². The average Bonchev–Trinajstić information content (AvgIpc) is 3.19. The van der Waals surface area contributed by atoms with Crippen molar-refractivity contribution in [3.05, 3.63) is 65.1 Å². The molecule has 3 aromatic rings. The van der Waals surface area contributed by atoms with E-state index < -0.39 is 62.0 Å². The molecule has 1 aromatic heterocycles. The maximum Gasteiger partial charge on any atom is 0.421 e. The second-order valence-electron chi connectivity index (χ2n) is 16.4. The number of hydrogen-bond donors (Lipinski definition) is 4. The molecule has 322 valence electrons. The fourth-order valence-electron chi connectivity index (χ4n) is 8.59. The van der Waals surface area contributed by atoms with Gasteiger partial charge in [-0.05, 0) is 93.8 Å². The Hall–Kier alpha value is -4.90. The molecule has 0 aliphatic carbocycles. The van der Waals surface area contributed by atoms with E-state index in [9.17, 15) is 36.3 Å². The molecule has 2 aromatic carbocycles. The van der Waals surface area contributed by atoms with Crippen LogP contribution in [0.2, 0.25) is 0 Å². The molecule has 60 heavy (non-hydrogen) atoms. The first-order valence-electron chi connectivity index (χ1n) is 20.0. The summed E-state index contributed by atoms with van der Waals surface area (Å²) in [7, 11) is -4.37. The number of sulfonamides is 1. The quantitative estimate of drug-likeness (QED) is 0.126. The minimum Gasteiger partial charge on any atom is -0.388 e. The number of carbonyl (C=O) groups excluding carboxylic acids is 2. The number of benzene rings is 2. The molecule has 5 heterocycles. The number of aliphatic hydroxyl groups is 1. The highest BCUT2D eigenvalue weighted by atomic mass is 32.2. The lowest BCUT2D eigenvalue weighted by Crippen LogP contribution is -2.53. The van der Waals surface area contributed by atoms with Crippen LogP contribution >= 0.6 is 0 Å². The number of aromatic nitrogens is 2. The van der Waals surface area contributed by atoms with E-state index in [0.717, 1.165) is 55.4 Å². The molecule has 0 saturated carbocycles. The number of hydrogen-bond acceptors (Lipinski definition) is 11. The molecular weight excluding hydrogens is 812 g/mol. The smallest absolute Gasteiger partial charge is 0.388 e. The summed E-state index contributed by atoms with van der Waals surface area (Å²) < 4.78 is 101. The van der Waals surface area contributed by atoms with E-state index in [0.29, 0.717) is 44.1 Å². The van der Waals surface area contributed by atoms with E-state index in [1.807, 2.05) is 23.1 Å². The van der Waals surface area contributed by atoms with E-state index in [4.69, 9.17) is 6.42 Å². The van der Waals surface area contributed by atoms with Gasteiger partial charge in [-0.2, -0.15) is 18.2 Å². The lowest BCUT2D eigenvalue weighted by Gasteiger charge is -2.39. The molecule has 4 aliphatic rings. The van der Waals surface area contributed by atoms with Crippen molar-refractivity contribution in [2.45, 2.75) is 86.7 Å². The van der Waals surface area contributed by atoms with E-state index in [-0.39, 0.29) is 61.8 Å². The normalized spacial score (nSPS) is 24.9. The maximum absolute atomic E-state index is 15.5. The Balaban J connectivity index is 0.914. The topological polar surface area (TPSA) is 160 Å². The van der Waals surface area contributed by atoms with Crippen LogP contribution in [0, 0.1) is 24.1 Å². The number of rotatable bonds is 10. The maximum atomic E-state index is 15.5. The number of nitrogens with one attached hydrogen (secondary N) is 3. The van der Waals surface area contributed by atoms with Gasteiger partial charge in [-0.15, -0.1) is 6.42 Å². The third kappa shape index (κ3) is 9.83. The molecule has 13 nitrogen and oxygen atoms in total. The molecule has 1 unspecified atom stereocenters. The van der Waals surface area contributed by atoms with Gasteiger partial charge >= 0.3 is 6.18 Å². The lowest BCUT2D eigenvalue weighted by molar-refractivity contribution is -0.138.